The number of thioether (sulfide) groups is 1. The smallest absolute Gasteiger partial charge is 0.343 e. The molecule has 0 fully saturated rings. The Labute approximate surface area is 179 Å². The third-order valence-corrected chi connectivity index (χ3v) is 4.39. The summed E-state index contributed by atoms with van der Waals surface area (Å²) in [5, 5.41) is 4.51. The van der Waals surface area contributed by atoms with Crippen molar-refractivity contribution in [3.63, 3.8) is 0 Å². The molecular formula is C20H24N4O5S. The Morgan fingerprint density at radius 1 is 1.13 bits per heavy atom. The molecule has 0 aliphatic carbocycles. The number of nitrogens with zero attached hydrogens (tertiary/aromatic N) is 3. The Hall–Kier alpha value is -3.14. The SMILES string of the molecule is CCOc1cc(/C=N\NC(=O)CSc2nc(C)cc(C)n2)ccc1OCC(=O)OC. The van der Waals surface area contributed by atoms with Crippen molar-refractivity contribution in [3.8, 4) is 11.5 Å². The van der Waals surface area contributed by atoms with Crippen LogP contribution in [-0.4, -0.2) is 54.1 Å². The molecule has 1 aromatic carbocycles. The number of hydrazone groups is 1. The number of benzene rings is 1. The van der Waals surface area contributed by atoms with Crippen LogP contribution in [0.5, 0.6) is 11.5 Å². The van der Waals surface area contributed by atoms with Crippen LogP contribution < -0.4 is 14.9 Å². The van der Waals surface area contributed by atoms with E-state index in [9.17, 15) is 9.59 Å². The first-order valence-electron chi connectivity index (χ1n) is 9.14. The van der Waals surface area contributed by atoms with Gasteiger partial charge in [0, 0.05) is 11.4 Å². The van der Waals surface area contributed by atoms with E-state index < -0.39 is 5.97 Å². The lowest BCUT2D eigenvalue weighted by Crippen LogP contribution is -2.19. The van der Waals surface area contributed by atoms with E-state index in [-0.39, 0.29) is 18.3 Å². The van der Waals surface area contributed by atoms with Crippen LogP contribution in [0, 0.1) is 13.8 Å². The molecule has 1 heterocycles. The molecule has 1 N–H and O–H groups in total. The van der Waals surface area contributed by atoms with E-state index in [0.29, 0.717) is 28.8 Å². The van der Waals surface area contributed by atoms with Gasteiger partial charge in [0.1, 0.15) is 0 Å². The molecule has 9 nitrogen and oxygen atoms in total. The average Bonchev–Trinajstić information content (AvgIpc) is 2.71. The highest BCUT2D eigenvalue weighted by Crippen LogP contribution is 2.28. The molecule has 160 valence electrons. The minimum absolute atomic E-state index is 0.144. The minimum Gasteiger partial charge on any atom is -0.490 e. The zero-order valence-corrected chi connectivity index (χ0v) is 18.1. The normalized spacial score (nSPS) is 10.7. The third-order valence-electron chi connectivity index (χ3n) is 3.54. The van der Waals surface area contributed by atoms with Gasteiger partial charge in [-0.15, -0.1) is 0 Å². The maximum atomic E-state index is 12.0. The lowest BCUT2D eigenvalue weighted by Gasteiger charge is -2.11. The molecule has 0 radical (unpaired) electrons. The fourth-order valence-corrected chi connectivity index (χ4v) is 3.03. The number of hydrogen-bond donors (Lipinski definition) is 1. The number of amides is 1. The number of ether oxygens (including phenoxy) is 3. The molecule has 0 aliphatic rings. The number of esters is 1. The maximum Gasteiger partial charge on any atom is 0.343 e. The number of rotatable bonds is 10. The predicted octanol–water partition coefficient (Wildman–Crippen LogP) is 2.29. The zero-order chi connectivity index (χ0) is 21.9. The highest BCUT2D eigenvalue weighted by molar-refractivity contribution is 7.99. The first kappa shape index (κ1) is 23.1. The average molecular weight is 433 g/mol. The van der Waals surface area contributed by atoms with Gasteiger partial charge in [0.15, 0.2) is 23.3 Å². The van der Waals surface area contributed by atoms with Gasteiger partial charge in [-0.05, 0) is 50.6 Å². The molecule has 30 heavy (non-hydrogen) atoms. The Morgan fingerprint density at radius 3 is 2.53 bits per heavy atom. The second-order valence-corrected chi connectivity index (χ2v) is 6.96. The molecule has 0 saturated heterocycles. The lowest BCUT2D eigenvalue weighted by molar-refractivity contribution is -0.142. The topological polar surface area (TPSA) is 112 Å². The van der Waals surface area contributed by atoms with Crippen LogP contribution in [0.2, 0.25) is 0 Å². The summed E-state index contributed by atoms with van der Waals surface area (Å²) in [4.78, 5) is 31.8. The van der Waals surface area contributed by atoms with Crippen LogP contribution >= 0.6 is 11.8 Å². The zero-order valence-electron chi connectivity index (χ0n) is 17.3. The first-order valence-corrected chi connectivity index (χ1v) is 10.1. The van der Waals surface area contributed by atoms with Crippen LogP contribution in [0.3, 0.4) is 0 Å². The summed E-state index contributed by atoms with van der Waals surface area (Å²) in [6, 6.07) is 6.95. The largest absolute Gasteiger partial charge is 0.490 e. The lowest BCUT2D eigenvalue weighted by atomic mass is 10.2. The molecule has 0 spiro atoms. The number of nitrogens with one attached hydrogen (secondary N) is 1. The molecule has 1 amide bonds. The Bertz CT molecular complexity index is 900. The number of carbonyl (C=O) groups is 2. The van der Waals surface area contributed by atoms with Crippen molar-refractivity contribution in [3.05, 3.63) is 41.2 Å². The van der Waals surface area contributed by atoms with Crippen molar-refractivity contribution in [2.24, 2.45) is 5.10 Å². The van der Waals surface area contributed by atoms with Gasteiger partial charge in [-0.2, -0.15) is 5.10 Å². The number of aromatic nitrogens is 2. The van der Waals surface area contributed by atoms with Crippen molar-refractivity contribution >= 4 is 29.9 Å². The Morgan fingerprint density at radius 2 is 1.87 bits per heavy atom. The fraction of sp³-hybridized carbons (Fsp3) is 0.350. The predicted molar refractivity (Wildman–Crippen MR) is 113 cm³/mol. The van der Waals surface area contributed by atoms with E-state index >= 15 is 0 Å². The van der Waals surface area contributed by atoms with Crippen LogP contribution in [0.1, 0.15) is 23.9 Å². The minimum atomic E-state index is -0.491. The summed E-state index contributed by atoms with van der Waals surface area (Å²) in [6.07, 6.45) is 1.49. The summed E-state index contributed by atoms with van der Waals surface area (Å²) in [5.41, 5.74) is 4.86. The Kier molecular flexibility index (Phi) is 9.07. The van der Waals surface area contributed by atoms with E-state index in [4.69, 9.17) is 9.47 Å². The quantitative estimate of drug-likeness (QED) is 0.200. The van der Waals surface area contributed by atoms with E-state index in [1.165, 1.54) is 25.1 Å². The van der Waals surface area contributed by atoms with Gasteiger partial charge < -0.3 is 14.2 Å². The summed E-state index contributed by atoms with van der Waals surface area (Å²) in [6.45, 7) is 5.80. The van der Waals surface area contributed by atoms with E-state index in [1.54, 1.807) is 18.2 Å². The monoisotopic (exact) mass is 432 g/mol. The summed E-state index contributed by atoms with van der Waals surface area (Å²) < 4.78 is 15.5. The standard InChI is InChI=1S/C20H24N4O5S/c1-5-28-17-9-15(6-7-16(17)29-11-19(26)27-4)10-21-24-18(25)12-30-20-22-13(2)8-14(3)23-20/h6-10H,5,11-12H2,1-4H3,(H,24,25)/b21-10-. The molecule has 2 aromatic rings. The van der Waals surface area contributed by atoms with E-state index in [1.807, 2.05) is 26.8 Å². The number of hydrogen-bond acceptors (Lipinski definition) is 9. The molecule has 0 aliphatic heterocycles. The highest BCUT2D eigenvalue weighted by Gasteiger charge is 2.09. The number of methoxy groups -OCH3 is 1. The van der Waals surface area contributed by atoms with Crippen molar-refractivity contribution in [2.75, 3.05) is 26.1 Å². The van der Waals surface area contributed by atoms with Crippen LogP contribution in [-0.2, 0) is 14.3 Å². The van der Waals surface area contributed by atoms with Gasteiger partial charge in [-0.3, -0.25) is 4.79 Å². The highest BCUT2D eigenvalue weighted by atomic mass is 32.2. The van der Waals surface area contributed by atoms with Gasteiger partial charge in [0.25, 0.3) is 5.91 Å². The molecule has 1 aromatic heterocycles. The van der Waals surface area contributed by atoms with Crippen molar-refractivity contribution in [2.45, 2.75) is 25.9 Å². The summed E-state index contributed by atoms with van der Waals surface area (Å²) in [7, 11) is 1.29. The molecule has 0 bridgehead atoms. The van der Waals surface area contributed by atoms with Gasteiger partial charge in [-0.25, -0.2) is 20.2 Å². The van der Waals surface area contributed by atoms with E-state index in [0.717, 1.165) is 11.4 Å². The summed E-state index contributed by atoms with van der Waals surface area (Å²) >= 11 is 1.24. The Balaban J connectivity index is 1.91. The van der Waals surface area contributed by atoms with Crippen molar-refractivity contribution in [1.29, 1.82) is 0 Å². The van der Waals surface area contributed by atoms with Crippen molar-refractivity contribution in [1.82, 2.24) is 15.4 Å². The summed E-state index contributed by atoms with van der Waals surface area (Å²) in [5.74, 6) is 0.245. The van der Waals surface area contributed by atoms with Crippen molar-refractivity contribution < 1.29 is 23.8 Å². The van der Waals surface area contributed by atoms with Crippen LogP contribution in [0.4, 0.5) is 0 Å². The number of carbonyl (C=O) groups excluding carboxylic acids is 2. The van der Waals surface area contributed by atoms with Crippen LogP contribution in [0.25, 0.3) is 0 Å². The maximum absolute atomic E-state index is 12.0. The molecular weight excluding hydrogens is 408 g/mol. The molecule has 10 heteroatoms. The molecule has 0 unspecified atom stereocenters. The van der Waals surface area contributed by atoms with Gasteiger partial charge >= 0.3 is 5.97 Å². The molecule has 0 saturated carbocycles. The second kappa shape index (κ2) is 11.8. The van der Waals surface area contributed by atoms with Gasteiger partial charge in [0.05, 0.1) is 25.7 Å². The first-order chi connectivity index (χ1) is 14.4. The molecule has 2 rings (SSSR count). The fourth-order valence-electron chi connectivity index (χ4n) is 2.29. The second-order valence-electron chi connectivity index (χ2n) is 6.02. The van der Waals surface area contributed by atoms with Gasteiger partial charge in [-0.1, -0.05) is 11.8 Å². The van der Waals surface area contributed by atoms with Gasteiger partial charge in [0.2, 0.25) is 0 Å². The number of aryl methyl sites for hydroxylation is 2. The van der Waals surface area contributed by atoms with Crippen LogP contribution in [0.15, 0.2) is 34.5 Å². The molecule has 0 atom stereocenters. The van der Waals surface area contributed by atoms with E-state index in [2.05, 4.69) is 25.2 Å². The third kappa shape index (κ3) is 7.70.